The van der Waals surface area contributed by atoms with Gasteiger partial charge in [-0.1, -0.05) is 13.3 Å². The summed E-state index contributed by atoms with van der Waals surface area (Å²) in [5.41, 5.74) is 5.66. The van der Waals surface area contributed by atoms with Crippen LogP contribution in [0.3, 0.4) is 0 Å². The number of nitrogens with one attached hydrogen (secondary N) is 1. The number of carbonyl (C=O) groups is 2. The maximum absolute atomic E-state index is 11.4. The summed E-state index contributed by atoms with van der Waals surface area (Å²) in [6, 6.07) is -0.715. The molecule has 5 N–H and O–H groups in total. The summed E-state index contributed by atoms with van der Waals surface area (Å²) in [7, 11) is 0. The molecular formula is C11H22N2O4S. The molecular weight excluding hydrogens is 256 g/mol. The van der Waals surface area contributed by atoms with E-state index in [0.29, 0.717) is 17.4 Å². The largest absolute Gasteiger partial charge is 0.480 e. The van der Waals surface area contributed by atoms with E-state index in [4.69, 9.17) is 15.9 Å². The molecule has 0 fully saturated rings. The number of aliphatic hydroxyl groups is 1. The van der Waals surface area contributed by atoms with E-state index in [9.17, 15) is 9.59 Å². The fourth-order valence-corrected chi connectivity index (χ4v) is 2.69. The average molecular weight is 278 g/mol. The van der Waals surface area contributed by atoms with Crippen LogP contribution in [0.5, 0.6) is 0 Å². The van der Waals surface area contributed by atoms with Crippen molar-refractivity contribution in [3.63, 3.8) is 0 Å². The Morgan fingerprint density at radius 2 is 2.06 bits per heavy atom. The van der Waals surface area contributed by atoms with Crippen LogP contribution in [0.4, 0.5) is 0 Å². The Balaban J connectivity index is 3.93. The van der Waals surface area contributed by atoms with Gasteiger partial charge in [0.1, 0.15) is 6.54 Å². The first kappa shape index (κ1) is 17.2. The van der Waals surface area contributed by atoms with Crippen LogP contribution in [0.1, 0.15) is 26.2 Å². The molecule has 0 aliphatic heterocycles. The number of thioether (sulfide) groups is 1. The monoisotopic (exact) mass is 278 g/mol. The molecule has 0 bridgehead atoms. The van der Waals surface area contributed by atoms with E-state index in [1.165, 1.54) is 0 Å². The summed E-state index contributed by atoms with van der Waals surface area (Å²) in [6.07, 6.45) is 2.66. The third-order valence-electron chi connectivity index (χ3n) is 2.32. The van der Waals surface area contributed by atoms with E-state index < -0.39 is 24.5 Å². The normalized spacial score (nSPS) is 13.9. The van der Waals surface area contributed by atoms with Crippen molar-refractivity contribution in [1.82, 2.24) is 5.32 Å². The summed E-state index contributed by atoms with van der Waals surface area (Å²) in [5.74, 6) is -1.12. The molecule has 0 radical (unpaired) electrons. The van der Waals surface area contributed by atoms with Gasteiger partial charge in [0.05, 0.1) is 6.04 Å². The van der Waals surface area contributed by atoms with Crippen LogP contribution >= 0.6 is 11.8 Å². The first-order valence-corrected chi connectivity index (χ1v) is 7.03. The fraction of sp³-hybridized carbons (Fsp3) is 0.818. The van der Waals surface area contributed by atoms with E-state index in [1.54, 1.807) is 11.8 Å². The van der Waals surface area contributed by atoms with Crippen molar-refractivity contribution in [3.05, 3.63) is 0 Å². The molecule has 0 aliphatic carbocycles. The SMILES string of the molecule is CCCC(CCO)SC[C@H](N)C(=O)NCC(=O)O. The average Bonchev–Trinajstić information content (AvgIpc) is 2.33. The lowest BCUT2D eigenvalue weighted by atomic mass is 10.2. The van der Waals surface area contributed by atoms with E-state index in [2.05, 4.69) is 12.2 Å². The van der Waals surface area contributed by atoms with Gasteiger partial charge in [0, 0.05) is 17.6 Å². The van der Waals surface area contributed by atoms with E-state index in [0.717, 1.165) is 12.8 Å². The lowest BCUT2D eigenvalue weighted by Gasteiger charge is -2.17. The van der Waals surface area contributed by atoms with Gasteiger partial charge in [-0.25, -0.2) is 0 Å². The first-order valence-electron chi connectivity index (χ1n) is 5.98. The molecule has 0 rings (SSSR count). The third kappa shape index (κ3) is 8.32. The Bertz CT molecular complexity index is 257. The zero-order valence-corrected chi connectivity index (χ0v) is 11.4. The molecule has 0 aromatic rings. The zero-order chi connectivity index (χ0) is 14.0. The number of hydrogen-bond donors (Lipinski definition) is 4. The van der Waals surface area contributed by atoms with Gasteiger partial charge in [-0.15, -0.1) is 0 Å². The van der Waals surface area contributed by atoms with Crippen LogP contribution in [0.2, 0.25) is 0 Å². The van der Waals surface area contributed by atoms with Crippen molar-refractivity contribution in [2.24, 2.45) is 5.73 Å². The second-order valence-electron chi connectivity index (χ2n) is 3.97. The van der Waals surface area contributed by atoms with Crippen molar-refractivity contribution >= 4 is 23.6 Å². The standard InChI is InChI=1S/C11H22N2O4S/c1-2-3-8(4-5-14)18-7-9(12)11(17)13-6-10(15)16/h8-9,14H,2-7,12H2,1H3,(H,13,17)(H,15,16)/t8?,9-/m0/s1. The fourth-order valence-electron chi connectivity index (χ4n) is 1.39. The number of aliphatic carboxylic acids is 1. The molecule has 1 unspecified atom stereocenters. The van der Waals surface area contributed by atoms with Crippen molar-refractivity contribution in [3.8, 4) is 0 Å². The highest BCUT2D eigenvalue weighted by molar-refractivity contribution is 7.99. The Labute approximate surface area is 111 Å². The zero-order valence-electron chi connectivity index (χ0n) is 10.6. The van der Waals surface area contributed by atoms with Gasteiger partial charge in [-0.05, 0) is 12.8 Å². The molecule has 0 heterocycles. The van der Waals surface area contributed by atoms with E-state index in [1.807, 2.05) is 0 Å². The van der Waals surface area contributed by atoms with Crippen molar-refractivity contribution in [2.75, 3.05) is 18.9 Å². The summed E-state index contributed by atoms with van der Waals surface area (Å²) < 4.78 is 0. The van der Waals surface area contributed by atoms with Crippen molar-refractivity contribution in [1.29, 1.82) is 0 Å². The maximum atomic E-state index is 11.4. The maximum Gasteiger partial charge on any atom is 0.322 e. The van der Waals surface area contributed by atoms with Gasteiger partial charge in [0.2, 0.25) is 5.91 Å². The molecule has 0 saturated heterocycles. The molecule has 0 aromatic carbocycles. The molecule has 7 heteroatoms. The molecule has 0 saturated carbocycles. The molecule has 2 atom stereocenters. The molecule has 18 heavy (non-hydrogen) atoms. The van der Waals surface area contributed by atoms with Crippen LogP contribution in [0.15, 0.2) is 0 Å². The smallest absolute Gasteiger partial charge is 0.322 e. The Kier molecular flexibility index (Phi) is 9.72. The van der Waals surface area contributed by atoms with Gasteiger partial charge >= 0.3 is 5.97 Å². The van der Waals surface area contributed by atoms with Crippen molar-refractivity contribution in [2.45, 2.75) is 37.5 Å². The van der Waals surface area contributed by atoms with Gasteiger partial charge in [-0.3, -0.25) is 9.59 Å². The highest BCUT2D eigenvalue weighted by Gasteiger charge is 2.16. The minimum Gasteiger partial charge on any atom is -0.480 e. The number of hydrogen-bond acceptors (Lipinski definition) is 5. The van der Waals surface area contributed by atoms with Gasteiger partial charge in [-0.2, -0.15) is 11.8 Å². The number of carboxylic acid groups (broad SMARTS) is 1. The van der Waals surface area contributed by atoms with Crippen molar-refractivity contribution < 1.29 is 19.8 Å². The highest BCUT2D eigenvalue weighted by Crippen LogP contribution is 2.20. The van der Waals surface area contributed by atoms with Crippen LogP contribution in [0, 0.1) is 0 Å². The molecule has 0 aliphatic rings. The molecule has 0 spiro atoms. The quantitative estimate of drug-likeness (QED) is 0.440. The van der Waals surface area contributed by atoms with Crippen LogP contribution in [-0.2, 0) is 9.59 Å². The summed E-state index contributed by atoms with van der Waals surface area (Å²) in [6.45, 7) is 1.77. The van der Waals surface area contributed by atoms with Crippen LogP contribution in [-0.4, -0.2) is 52.3 Å². The summed E-state index contributed by atoms with van der Waals surface area (Å²) in [5, 5.41) is 19.8. The highest BCUT2D eigenvalue weighted by atomic mass is 32.2. The second kappa shape index (κ2) is 10.2. The molecule has 0 aromatic heterocycles. The molecule has 106 valence electrons. The number of amides is 1. The number of nitrogens with two attached hydrogens (primary N) is 1. The summed E-state index contributed by atoms with van der Waals surface area (Å²) >= 11 is 1.55. The molecule has 6 nitrogen and oxygen atoms in total. The van der Waals surface area contributed by atoms with Crippen LogP contribution < -0.4 is 11.1 Å². The number of carboxylic acids is 1. The number of rotatable bonds is 10. The predicted molar refractivity (Wildman–Crippen MR) is 71.5 cm³/mol. The Hall–Kier alpha value is -0.790. The summed E-state index contributed by atoms with van der Waals surface area (Å²) in [4.78, 5) is 21.7. The number of aliphatic hydroxyl groups excluding tert-OH is 1. The number of carbonyl (C=O) groups excluding carboxylic acids is 1. The Morgan fingerprint density at radius 3 is 2.56 bits per heavy atom. The predicted octanol–water partition coefficient (Wildman–Crippen LogP) is -0.201. The lowest BCUT2D eigenvalue weighted by molar-refractivity contribution is -0.138. The minimum absolute atomic E-state index is 0.123. The van der Waals surface area contributed by atoms with Gasteiger partial charge in [0.15, 0.2) is 0 Å². The van der Waals surface area contributed by atoms with E-state index >= 15 is 0 Å². The third-order valence-corrected chi connectivity index (χ3v) is 3.82. The second-order valence-corrected chi connectivity index (χ2v) is 5.31. The topological polar surface area (TPSA) is 113 Å². The van der Waals surface area contributed by atoms with E-state index in [-0.39, 0.29) is 6.61 Å². The molecule has 1 amide bonds. The van der Waals surface area contributed by atoms with Crippen LogP contribution in [0.25, 0.3) is 0 Å². The Morgan fingerprint density at radius 1 is 1.39 bits per heavy atom. The van der Waals surface area contributed by atoms with Gasteiger partial charge in [0.25, 0.3) is 0 Å². The van der Waals surface area contributed by atoms with Gasteiger partial charge < -0.3 is 21.3 Å². The first-order chi connectivity index (χ1) is 8.51. The lowest BCUT2D eigenvalue weighted by Crippen LogP contribution is -2.44. The minimum atomic E-state index is -1.09.